The minimum absolute atomic E-state index is 0.0666. The maximum absolute atomic E-state index is 13.5. The van der Waals surface area contributed by atoms with Gasteiger partial charge in [0.05, 0.1) is 4.90 Å². The SMILES string of the molecule is CN(C)CCN1C(=O)c2ccc3c4ccc5c6c(ccc(c7ccc(c2c37)C1=O)c64)C(=O)N(CCN(C)C)C5=O.Cc1ccc(S(=O)(=O)O)cc1. The van der Waals surface area contributed by atoms with Crippen LogP contribution in [0.4, 0.5) is 0 Å². The number of benzene rings is 6. The summed E-state index contributed by atoms with van der Waals surface area (Å²) in [6.45, 7) is 3.63. The first kappa shape index (κ1) is 34.2. The smallest absolute Gasteiger partial charge is 0.294 e. The molecule has 1 N–H and O–H groups in total. The highest BCUT2D eigenvalue weighted by molar-refractivity contribution is 7.85. The molecule has 2 aliphatic heterocycles. The second kappa shape index (κ2) is 12.5. The van der Waals surface area contributed by atoms with Gasteiger partial charge in [-0.1, -0.05) is 42.0 Å². The van der Waals surface area contributed by atoms with Crippen molar-refractivity contribution in [3.8, 4) is 0 Å². The highest BCUT2D eigenvalue weighted by Gasteiger charge is 2.36. The van der Waals surface area contributed by atoms with E-state index in [1.54, 1.807) is 12.1 Å². The molecule has 8 rings (SSSR count). The number of aryl methyl sites for hydroxylation is 1. The van der Waals surface area contributed by atoms with Gasteiger partial charge in [0.1, 0.15) is 0 Å². The molecule has 0 atom stereocenters. The average Bonchev–Trinajstić information content (AvgIpc) is 3.08. The van der Waals surface area contributed by atoms with E-state index >= 15 is 0 Å². The Bertz CT molecular complexity index is 2300. The fourth-order valence-corrected chi connectivity index (χ4v) is 7.56. The number of nitrogens with zero attached hydrogens (tertiary/aromatic N) is 4. The van der Waals surface area contributed by atoms with E-state index in [0.29, 0.717) is 59.2 Å². The third kappa shape index (κ3) is 5.60. The van der Waals surface area contributed by atoms with Gasteiger partial charge in [0.25, 0.3) is 33.7 Å². The van der Waals surface area contributed by atoms with E-state index in [0.717, 1.165) is 37.9 Å². The van der Waals surface area contributed by atoms with Crippen LogP contribution >= 0.6 is 0 Å². The van der Waals surface area contributed by atoms with Gasteiger partial charge in [-0.05, 0) is 104 Å². The van der Waals surface area contributed by atoms with Crippen molar-refractivity contribution in [2.45, 2.75) is 11.8 Å². The molecule has 0 spiro atoms. The van der Waals surface area contributed by atoms with Gasteiger partial charge in [0.15, 0.2) is 0 Å². The predicted molar refractivity (Wildman–Crippen MR) is 196 cm³/mol. The minimum atomic E-state index is -4.02. The quantitative estimate of drug-likeness (QED) is 0.102. The Kier molecular flexibility index (Phi) is 8.38. The lowest BCUT2D eigenvalue weighted by molar-refractivity contribution is 0.0585. The molecule has 260 valence electrons. The van der Waals surface area contributed by atoms with Crippen molar-refractivity contribution in [1.82, 2.24) is 19.6 Å². The molecule has 0 radical (unpaired) electrons. The molecule has 0 saturated carbocycles. The van der Waals surface area contributed by atoms with Gasteiger partial charge in [-0.25, -0.2) is 0 Å². The highest BCUT2D eigenvalue weighted by atomic mass is 32.2. The molecule has 0 aromatic heterocycles. The number of imide groups is 2. The molecule has 11 nitrogen and oxygen atoms in total. The Morgan fingerprint density at radius 1 is 0.510 bits per heavy atom. The van der Waals surface area contributed by atoms with Crippen LogP contribution in [-0.2, 0) is 10.1 Å². The van der Waals surface area contributed by atoms with Gasteiger partial charge < -0.3 is 9.80 Å². The number of rotatable bonds is 7. The van der Waals surface area contributed by atoms with Crippen molar-refractivity contribution < 1.29 is 32.1 Å². The molecule has 6 aromatic rings. The number of hydrogen-bond acceptors (Lipinski definition) is 8. The molecule has 0 aliphatic carbocycles. The van der Waals surface area contributed by atoms with Crippen LogP contribution < -0.4 is 0 Å². The predicted octanol–water partition coefficient (Wildman–Crippen LogP) is 5.29. The summed E-state index contributed by atoms with van der Waals surface area (Å²) in [5, 5.41) is 6.64. The first-order valence-electron chi connectivity index (χ1n) is 16.4. The van der Waals surface area contributed by atoms with E-state index in [9.17, 15) is 27.6 Å². The second-order valence-corrected chi connectivity index (χ2v) is 15.0. The monoisotopic (exact) mass is 704 g/mol. The lowest BCUT2D eigenvalue weighted by Gasteiger charge is -2.30. The van der Waals surface area contributed by atoms with E-state index in [1.165, 1.54) is 21.9 Å². The Morgan fingerprint density at radius 2 is 0.824 bits per heavy atom. The van der Waals surface area contributed by atoms with Crippen molar-refractivity contribution in [1.29, 1.82) is 0 Å². The van der Waals surface area contributed by atoms with Crippen molar-refractivity contribution in [2.24, 2.45) is 0 Å². The maximum atomic E-state index is 13.5. The molecular weight excluding hydrogens is 669 g/mol. The maximum Gasteiger partial charge on any atom is 0.294 e. The fraction of sp³-hybridized carbons (Fsp3) is 0.231. The van der Waals surface area contributed by atoms with E-state index in [2.05, 4.69) is 0 Å². The third-order valence-electron chi connectivity index (χ3n) is 9.66. The normalized spacial score (nSPS) is 14.6. The molecule has 0 bridgehead atoms. The number of amides is 4. The zero-order chi connectivity index (χ0) is 36.5. The number of fused-ring (bicyclic) bond motifs is 2. The summed E-state index contributed by atoms with van der Waals surface area (Å²) in [6.07, 6.45) is 0. The van der Waals surface area contributed by atoms with Gasteiger partial charge in [-0.15, -0.1) is 0 Å². The van der Waals surface area contributed by atoms with Crippen LogP contribution in [0.25, 0.3) is 43.1 Å². The summed E-state index contributed by atoms with van der Waals surface area (Å²) in [4.78, 5) is 60.6. The summed E-state index contributed by atoms with van der Waals surface area (Å²) in [7, 11) is 3.63. The van der Waals surface area contributed by atoms with E-state index in [1.807, 2.05) is 93.4 Å². The number of hydrogen-bond donors (Lipinski definition) is 1. The number of carbonyl (C=O) groups is 4. The Balaban J connectivity index is 0.000000318. The molecular formula is C39H36N4O7S. The number of carbonyl (C=O) groups excluding carboxylic acids is 4. The summed E-state index contributed by atoms with van der Waals surface area (Å²) in [5.74, 6) is -1.14. The molecule has 12 heteroatoms. The second-order valence-electron chi connectivity index (χ2n) is 13.6. The molecule has 0 saturated heterocycles. The average molecular weight is 705 g/mol. The van der Waals surface area contributed by atoms with Gasteiger partial charge in [0, 0.05) is 59.2 Å². The topological polar surface area (TPSA) is 136 Å². The lowest BCUT2D eigenvalue weighted by Crippen LogP contribution is -2.43. The number of likely N-dealkylation sites (N-methyl/N-ethyl adjacent to an activating group) is 2. The van der Waals surface area contributed by atoms with Gasteiger partial charge in [0.2, 0.25) is 0 Å². The van der Waals surface area contributed by atoms with E-state index in [4.69, 9.17) is 4.55 Å². The van der Waals surface area contributed by atoms with Crippen LogP contribution in [0.3, 0.4) is 0 Å². The zero-order valence-corrected chi connectivity index (χ0v) is 29.7. The van der Waals surface area contributed by atoms with Crippen LogP contribution in [0, 0.1) is 6.92 Å². The van der Waals surface area contributed by atoms with Crippen LogP contribution in [-0.4, -0.2) is 111 Å². The van der Waals surface area contributed by atoms with Crippen LogP contribution in [0.5, 0.6) is 0 Å². The highest BCUT2D eigenvalue weighted by Crippen LogP contribution is 2.46. The molecule has 0 fully saturated rings. The standard InChI is InChI=1S/C32H28N4O4.C7H8O3S/c1-33(2)13-15-35-29(37)21-9-5-17-19-7-11-23-28-24(32(40)36(31(23)39)16-14-34(3)4)12-8-20(26(19)28)18-6-10-22(30(35)38)27(21)25(17)18;1-6-2-4-7(5-3-6)11(8,9)10/h5-12H,13-16H2,1-4H3;2-5H,1H3,(H,8,9,10). The Morgan fingerprint density at radius 3 is 1.10 bits per heavy atom. The third-order valence-corrected chi connectivity index (χ3v) is 10.5. The summed E-state index contributed by atoms with van der Waals surface area (Å²) >= 11 is 0. The van der Waals surface area contributed by atoms with Gasteiger partial charge in [-0.2, -0.15) is 8.42 Å². The molecule has 6 aromatic carbocycles. The molecule has 2 aliphatic rings. The molecule has 0 unspecified atom stereocenters. The fourth-order valence-electron chi connectivity index (χ4n) is 7.08. The van der Waals surface area contributed by atoms with Crippen LogP contribution in [0.15, 0.2) is 77.7 Å². The molecule has 51 heavy (non-hydrogen) atoms. The molecule has 2 heterocycles. The minimum Gasteiger partial charge on any atom is -0.308 e. The Hall–Kier alpha value is -5.27. The van der Waals surface area contributed by atoms with Crippen LogP contribution in [0.1, 0.15) is 47.0 Å². The summed E-state index contributed by atoms with van der Waals surface area (Å²) < 4.78 is 29.6. The van der Waals surface area contributed by atoms with Gasteiger partial charge >= 0.3 is 0 Å². The summed E-state index contributed by atoms with van der Waals surface area (Å²) in [6, 6.07) is 21.0. The van der Waals surface area contributed by atoms with E-state index < -0.39 is 10.1 Å². The largest absolute Gasteiger partial charge is 0.308 e. The van der Waals surface area contributed by atoms with Gasteiger partial charge in [-0.3, -0.25) is 33.5 Å². The van der Waals surface area contributed by atoms with Crippen LogP contribution in [0.2, 0.25) is 0 Å². The van der Waals surface area contributed by atoms with Crippen molar-refractivity contribution in [3.63, 3.8) is 0 Å². The zero-order valence-electron chi connectivity index (χ0n) is 28.9. The first-order valence-corrected chi connectivity index (χ1v) is 17.9. The lowest BCUT2D eigenvalue weighted by atomic mass is 9.82. The molecule has 4 amide bonds. The van der Waals surface area contributed by atoms with Crippen molar-refractivity contribution in [2.75, 3.05) is 54.4 Å². The van der Waals surface area contributed by atoms with Crippen molar-refractivity contribution in [3.05, 3.63) is 101 Å². The van der Waals surface area contributed by atoms with Crippen molar-refractivity contribution >= 4 is 76.8 Å². The van der Waals surface area contributed by atoms with E-state index in [-0.39, 0.29) is 28.5 Å². The summed E-state index contributed by atoms with van der Waals surface area (Å²) in [5.41, 5.74) is 3.03. The first-order chi connectivity index (χ1) is 24.2. The Labute approximate surface area is 294 Å².